The first-order valence-electron chi connectivity index (χ1n) is 15.3. The lowest BCUT2D eigenvalue weighted by Crippen LogP contribution is -2.21. The second kappa shape index (κ2) is 13.7. The number of allylic oxidation sites excluding steroid dienone is 4. The highest BCUT2D eigenvalue weighted by molar-refractivity contribution is 5.75. The molecule has 0 heterocycles. The van der Waals surface area contributed by atoms with Gasteiger partial charge in [-0.05, 0) is 91.2 Å². The lowest BCUT2D eigenvalue weighted by Gasteiger charge is -2.33. The van der Waals surface area contributed by atoms with E-state index in [9.17, 15) is 0 Å². The van der Waals surface area contributed by atoms with Gasteiger partial charge >= 0.3 is 0 Å². The fourth-order valence-electron chi connectivity index (χ4n) is 7.20. The first-order valence-corrected chi connectivity index (χ1v) is 15.3. The molecule has 0 N–H and O–H groups in total. The maximum Gasteiger partial charge on any atom is -0.0162 e. The Balaban J connectivity index is 1.21. The Kier molecular flexibility index (Phi) is 10.4. The summed E-state index contributed by atoms with van der Waals surface area (Å²) in [6, 6.07) is 9.69. The summed E-state index contributed by atoms with van der Waals surface area (Å²) in [5, 5.41) is 0. The van der Waals surface area contributed by atoms with Crippen molar-refractivity contribution in [2.45, 2.75) is 129 Å². The lowest BCUT2D eigenvalue weighted by molar-refractivity contribution is 0.219. The van der Waals surface area contributed by atoms with E-state index in [1.807, 2.05) is 0 Å². The van der Waals surface area contributed by atoms with Crippen LogP contribution in [-0.4, -0.2) is 0 Å². The van der Waals surface area contributed by atoms with Crippen molar-refractivity contribution in [3.63, 3.8) is 0 Å². The molecule has 0 aliphatic heterocycles. The smallest absolute Gasteiger partial charge is 0.0162 e. The molecule has 3 aliphatic carbocycles. The molecular formula is C34H52. The molecule has 2 saturated carbocycles. The van der Waals surface area contributed by atoms with Gasteiger partial charge in [-0.25, -0.2) is 0 Å². The molecule has 0 aromatic heterocycles. The summed E-state index contributed by atoms with van der Waals surface area (Å²) in [6.07, 6.45) is 31.8. The quantitative estimate of drug-likeness (QED) is 0.288. The fourth-order valence-corrected chi connectivity index (χ4v) is 7.20. The van der Waals surface area contributed by atoms with Gasteiger partial charge in [-0.2, -0.15) is 0 Å². The molecular weight excluding hydrogens is 408 g/mol. The average Bonchev–Trinajstić information content (AvgIpc) is 2.90. The molecule has 0 nitrogen and oxygen atoms in total. The van der Waals surface area contributed by atoms with E-state index in [1.165, 1.54) is 120 Å². The number of rotatable bonds is 11. The number of hydrogen-bond acceptors (Lipinski definition) is 0. The minimum atomic E-state index is 0.784. The van der Waals surface area contributed by atoms with Crippen LogP contribution >= 0.6 is 0 Å². The molecule has 34 heavy (non-hydrogen) atoms. The SMILES string of the molecule is CCCCCC1CCC(c2ccc(C3=CCC(C4CCC(CCCCC)CC4)C=C3)cc2)CC1. The van der Waals surface area contributed by atoms with Gasteiger partial charge < -0.3 is 0 Å². The van der Waals surface area contributed by atoms with Gasteiger partial charge in [0.25, 0.3) is 0 Å². The standard InChI is InChI=1S/C34H52/c1-3-5-7-9-27-11-15-29(16-12-27)31-19-23-33(24-20-31)34-25-21-32(22-26-34)30-17-13-28(14-18-30)10-8-6-4-2/h19-21,23-30,32H,3-18,22H2,1-2H3. The highest BCUT2D eigenvalue weighted by Gasteiger charge is 2.27. The van der Waals surface area contributed by atoms with Crippen molar-refractivity contribution in [2.24, 2.45) is 23.7 Å². The predicted molar refractivity (Wildman–Crippen MR) is 150 cm³/mol. The Morgan fingerprint density at radius 3 is 1.79 bits per heavy atom. The molecule has 0 spiro atoms. The summed E-state index contributed by atoms with van der Waals surface area (Å²) in [5.74, 6) is 4.54. The zero-order valence-corrected chi connectivity index (χ0v) is 22.4. The first-order chi connectivity index (χ1) is 16.8. The van der Waals surface area contributed by atoms with E-state index in [0.29, 0.717) is 0 Å². The third-order valence-corrected chi connectivity index (χ3v) is 9.62. The number of benzene rings is 1. The largest absolute Gasteiger partial charge is 0.0802 e. The second-order valence-electron chi connectivity index (χ2n) is 12.0. The molecule has 188 valence electrons. The van der Waals surface area contributed by atoms with Crippen LogP contribution in [0.25, 0.3) is 5.57 Å². The summed E-state index contributed by atoms with van der Waals surface area (Å²) in [7, 11) is 0. The summed E-state index contributed by atoms with van der Waals surface area (Å²) >= 11 is 0. The summed E-state index contributed by atoms with van der Waals surface area (Å²) in [4.78, 5) is 0. The molecule has 1 aromatic rings. The van der Waals surface area contributed by atoms with E-state index in [0.717, 1.165) is 29.6 Å². The molecule has 1 atom stereocenters. The first kappa shape index (κ1) is 25.8. The van der Waals surface area contributed by atoms with Gasteiger partial charge in [-0.15, -0.1) is 0 Å². The van der Waals surface area contributed by atoms with Crippen LogP contribution in [-0.2, 0) is 0 Å². The zero-order valence-electron chi connectivity index (χ0n) is 22.4. The van der Waals surface area contributed by atoms with Crippen LogP contribution in [0, 0.1) is 23.7 Å². The van der Waals surface area contributed by atoms with E-state index < -0.39 is 0 Å². The molecule has 0 heteroatoms. The van der Waals surface area contributed by atoms with Crippen molar-refractivity contribution in [1.29, 1.82) is 0 Å². The Morgan fingerprint density at radius 2 is 1.26 bits per heavy atom. The molecule has 3 aliphatic rings. The van der Waals surface area contributed by atoms with Crippen molar-refractivity contribution < 1.29 is 0 Å². The van der Waals surface area contributed by atoms with E-state index in [4.69, 9.17) is 0 Å². The van der Waals surface area contributed by atoms with Gasteiger partial charge in [0.05, 0.1) is 0 Å². The normalized spacial score (nSPS) is 29.7. The minimum absolute atomic E-state index is 0.784. The van der Waals surface area contributed by atoms with Crippen molar-refractivity contribution in [2.75, 3.05) is 0 Å². The molecule has 2 fully saturated rings. The van der Waals surface area contributed by atoms with Crippen molar-refractivity contribution in [3.05, 3.63) is 53.6 Å². The van der Waals surface area contributed by atoms with Crippen molar-refractivity contribution in [3.8, 4) is 0 Å². The maximum absolute atomic E-state index is 2.56. The van der Waals surface area contributed by atoms with Crippen LogP contribution < -0.4 is 0 Å². The number of hydrogen-bond donors (Lipinski definition) is 0. The predicted octanol–water partition coefficient (Wildman–Crippen LogP) is 10.9. The Bertz CT molecular complexity index is 750. The fraction of sp³-hybridized carbons (Fsp3) is 0.706. The van der Waals surface area contributed by atoms with Gasteiger partial charge in [-0.1, -0.05) is 121 Å². The van der Waals surface area contributed by atoms with Crippen LogP contribution in [0.1, 0.15) is 140 Å². The summed E-state index contributed by atoms with van der Waals surface area (Å²) < 4.78 is 0. The van der Waals surface area contributed by atoms with Crippen LogP contribution in [0.4, 0.5) is 0 Å². The summed E-state index contributed by atoms with van der Waals surface area (Å²) in [5.41, 5.74) is 4.46. The molecule has 1 unspecified atom stereocenters. The molecule has 0 saturated heterocycles. The van der Waals surface area contributed by atoms with Gasteiger partial charge in [0, 0.05) is 0 Å². The van der Waals surface area contributed by atoms with E-state index >= 15 is 0 Å². The highest BCUT2D eigenvalue weighted by atomic mass is 14.3. The van der Waals surface area contributed by atoms with Gasteiger partial charge in [-0.3, -0.25) is 0 Å². The Morgan fingerprint density at radius 1 is 0.676 bits per heavy atom. The van der Waals surface area contributed by atoms with Crippen LogP contribution in [0.2, 0.25) is 0 Å². The van der Waals surface area contributed by atoms with Crippen molar-refractivity contribution >= 4 is 5.57 Å². The topological polar surface area (TPSA) is 0 Å². The third-order valence-electron chi connectivity index (χ3n) is 9.62. The number of unbranched alkanes of at least 4 members (excludes halogenated alkanes) is 4. The van der Waals surface area contributed by atoms with Crippen LogP contribution in [0.15, 0.2) is 42.5 Å². The summed E-state index contributed by atoms with van der Waals surface area (Å²) in [6.45, 7) is 4.64. The zero-order chi connectivity index (χ0) is 23.6. The van der Waals surface area contributed by atoms with Crippen LogP contribution in [0.5, 0.6) is 0 Å². The molecule has 0 amide bonds. The lowest BCUT2D eigenvalue weighted by atomic mass is 9.72. The van der Waals surface area contributed by atoms with Crippen LogP contribution in [0.3, 0.4) is 0 Å². The molecule has 0 bridgehead atoms. The van der Waals surface area contributed by atoms with Gasteiger partial charge in [0.2, 0.25) is 0 Å². The monoisotopic (exact) mass is 460 g/mol. The highest BCUT2D eigenvalue weighted by Crippen LogP contribution is 2.41. The second-order valence-corrected chi connectivity index (χ2v) is 12.0. The molecule has 4 rings (SSSR count). The molecule has 1 aromatic carbocycles. The Hall–Kier alpha value is -1.30. The van der Waals surface area contributed by atoms with Gasteiger partial charge in [0.1, 0.15) is 0 Å². The van der Waals surface area contributed by atoms with E-state index in [2.05, 4.69) is 56.3 Å². The molecule has 0 radical (unpaired) electrons. The Labute approximate surface area is 211 Å². The maximum atomic E-state index is 2.56. The van der Waals surface area contributed by atoms with E-state index in [-0.39, 0.29) is 0 Å². The third kappa shape index (κ3) is 7.35. The average molecular weight is 461 g/mol. The van der Waals surface area contributed by atoms with Gasteiger partial charge in [0.15, 0.2) is 0 Å². The minimum Gasteiger partial charge on any atom is -0.0802 e. The van der Waals surface area contributed by atoms with Crippen molar-refractivity contribution in [1.82, 2.24) is 0 Å². The van der Waals surface area contributed by atoms with E-state index in [1.54, 1.807) is 5.56 Å².